The van der Waals surface area contributed by atoms with Crippen LogP contribution in [0.15, 0.2) is 60.8 Å². The number of carbonyl (C=O) groups excluding carboxylic acids is 2. The lowest BCUT2D eigenvalue weighted by Gasteiger charge is -2.19. The van der Waals surface area contributed by atoms with E-state index in [2.05, 4.69) is 10.3 Å². The van der Waals surface area contributed by atoms with Crippen LogP contribution in [0.3, 0.4) is 0 Å². The largest absolute Gasteiger partial charge is 0.495 e. The fourth-order valence-electron chi connectivity index (χ4n) is 3.35. The Morgan fingerprint density at radius 1 is 1.19 bits per heavy atom. The molecule has 1 unspecified atom stereocenters. The minimum absolute atomic E-state index is 0.0868. The van der Waals surface area contributed by atoms with Gasteiger partial charge in [-0.15, -0.1) is 0 Å². The molecular weight excluding hydrogens is 342 g/mol. The highest BCUT2D eigenvalue weighted by Gasteiger charge is 2.36. The number of methoxy groups -OCH3 is 1. The van der Waals surface area contributed by atoms with Crippen molar-refractivity contribution >= 4 is 34.1 Å². The Bertz CT molecular complexity index is 1020. The molecule has 0 aliphatic carbocycles. The Kier molecular flexibility index (Phi) is 4.46. The summed E-state index contributed by atoms with van der Waals surface area (Å²) >= 11 is 0. The molecule has 0 radical (unpaired) electrons. The van der Waals surface area contributed by atoms with E-state index >= 15 is 0 Å². The molecule has 1 aliphatic rings. The number of anilines is 2. The lowest BCUT2D eigenvalue weighted by atomic mass is 10.1. The van der Waals surface area contributed by atoms with E-state index in [4.69, 9.17) is 4.74 Å². The molecule has 1 aliphatic heterocycles. The second-order valence-electron chi connectivity index (χ2n) is 6.48. The Balaban J connectivity index is 1.50. The smallest absolute Gasteiger partial charge is 0.229 e. The average Bonchev–Trinajstić information content (AvgIpc) is 3.09. The monoisotopic (exact) mass is 361 g/mol. The Morgan fingerprint density at radius 3 is 2.81 bits per heavy atom. The third-order valence-corrected chi connectivity index (χ3v) is 4.73. The molecule has 6 nitrogen and oxygen atoms in total. The third kappa shape index (κ3) is 3.33. The van der Waals surface area contributed by atoms with Crippen LogP contribution in [-0.4, -0.2) is 30.5 Å². The molecule has 1 atom stereocenters. The first-order valence-electron chi connectivity index (χ1n) is 8.75. The van der Waals surface area contributed by atoms with Crippen molar-refractivity contribution in [3.05, 3.63) is 60.8 Å². The molecule has 6 heteroatoms. The minimum Gasteiger partial charge on any atom is -0.495 e. The number of benzene rings is 2. The SMILES string of the molecule is COc1ccccc1N1CC(C(=O)Nc2cnc3ccccc3c2)CC1=O. The topological polar surface area (TPSA) is 71.5 Å². The number of pyridine rings is 1. The van der Waals surface area contributed by atoms with Crippen LogP contribution in [0, 0.1) is 5.92 Å². The molecule has 1 fully saturated rings. The summed E-state index contributed by atoms with van der Waals surface area (Å²) in [4.78, 5) is 31.1. The first kappa shape index (κ1) is 17.0. The van der Waals surface area contributed by atoms with E-state index < -0.39 is 5.92 Å². The second-order valence-corrected chi connectivity index (χ2v) is 6.48. The second kappa shape index (κ2) is 7.07. The van der Waals surface area contributed by atoms with Crippen LogP contribution in [0.25, 0.3) is 10.9 Å². The standard InChI is InChI=1S/C21H19N3O3/c1-27-19-9-5-4-8-18(19)24-13-15(11-20(24)25)21(26)23-16-10-14-6-2-3-7-17(14)22-12-16/h2-10,12,15H,11,13H2,1H3,(H,23,26). The van der Waals surface area contributed by atoms with E-state index in [0.717, 1.165) is 10.9 Å². The highest BCUT2D eigenvalue weighted by molar-refractivity contribution is 6.04. The fourth-order valence-corrected chi connectivity index (χ4v) is 3.35. The zero-order valence-electron chi connectivity index (χ0n) is 14.9. The van der Waals surface area contributed by atoms with Gasteiger partial charge in [0, 0.05) is 18.4 Å². The van der Waals surface area contributed by atoms with Gasteiger partial charge in [0.15, 0.2) is 0 Å². The van der Waals surface area contributed by atoms with Crippen molar-refractivity contribution in [2.75, 3.05) is 23.9 Å². The first-order valence-corrected chi connectivity index (χ1v) is 8.75. The van der Waals surface area contributed by atoms with Crippen LogP contribution in [0.1, 0.15) is 6.42 Å². The number of fused-ring (bicyclic) bond motifs is 1. The van der Waals surface area contributed by atoms with Gasteiger partial charge >= 0.3 is 0 Å². The van der Waals surface area contributed by atoms with E-state index in [1.165, 1.54) is 0 Å². The van der Waals surface area contributed by atoms with Crippen molar-refractivity contribution in [3.63, 3.8) is 0 Å². The number of rotatable bonds is 4. The van der Waals surface area contributed by atoms with E-state index in [1.807, 2.05) is 48.5 Å². The summed E-state index contributed by atoms with van der Waals surface area (Å²) in [5, 5.41) is 3.84. The summed E-state index contributed by atoms with van der Waals surface area (Å²) in [5.41, 5.74) is 2.18. The maximum absolute atomic E-state index is 12.7. The van der Waals surface area contributed by atoms with Gasteiger partial charge in [0.25, 0.3) is 0 Å². The minimum atomic E-state index is -0.422. The van der Waals surface area contributed by atoms with Crippen LogP contribution >= 0.6 is 0 Å². The molecule has 4 rings (SSSR count). The molecule has 1 N–H and O–H groups in total. The number of hydrogen-bond donors (Lipinski definition) is 1. The van der Waals surface area contributed by atoms with E-state index in [1.54, 1.807) is 24.3 Å². The molecule has 136 valence electrons. The van der Waals surface area contributed by atoms with E-state index in [0.29, 0.717) is 23.7 Å². The molecule has 2 heterocycles. The number of amides is 2. The molecule has 2 amide bonds. The van der Waals surface area contributed by atoms with Crippen molar-refractivity contribution in [2.24, 2.45) is 5.92 Å². The van der Waals surface area contributed by atoms with Crippen molar-refractivity contribution in [3.8, 4) is 5.75 Å². The average molecular weight is 361 g/mol. The van der Waals surface area contributed by atoms with Crippen LogP contribution in [0.4, 0.5) is 11.4 Å². The van der Waals surface area contributed by atoms with Crippen molar-refractivity contribution in [1.29, 1.82) is 0 Å². The Hall–Kier alpha value is -3.41. The van der Waals surface area contributed by atoms with Gasteiger partial charge < -0.3 is 15.0 Å². The van der Waals surface area contributed by atoms with Gasteiger partial charge in [-0.1, -0.05) is 30.3 Å². The maximum atomic E-state index is 12.7. The molecule has 1 saturated heterocycles. The molecule has 3 aromatic rings. The quantitative estimate of drug-likeness (QED) is 0.774. The van der Waals surface area contributed by atoms with Crippen LogP contribution in [-0.2, 0) is 9.59 Å². The molecule has 0 spiro atoms. The summed E-state index contributed by atoms with van der Waals surface area (Å²) in [7, 11) is 1.57. The van der Waals surface area contributed by atoms with Gasteiger partial charge in [0.1, 0.15) is 5.75 Å². The van der Waals surface area contributed by atoms with E-state index in [-0.39, 0.29) is 18.2 Å². The van der Waals surface area contributed by atoms with E-state index in [9.17, 15) is 9.59 Å². The number of aromatic nitrogens is 1. The van der Waals surface area contributed by atoms with Gasteiger partial charge in [0.05, 0.1) is 36.1 Å². The number of carbonyl (C=O) groups is 2. The number of hydrogen-bond acceptors (Lipinski definition) is 4. The van der Waals surface area contributed by atoms with Crippen molar-refractivity contribution in [1.82, 2.24) is 4.98 Å². The van der Waals surface area contributed by atoms with Crippen LogP contribution in [0.5, 0.6) is 5.75 Å². The van der Waals surface area contributed by atoms with Gasteiger partial charge in [-0.05, 0) is 24.3 Å². The van der Waals surface area contributed by atoms with Gasteiger partial charge in [-0.2, -0.15) is 0 Å². The van der Waals surface area contributed by atoms with Gasteiger partial charge in [0.2, 0.25) is 11.8 Å². The molecule has 0 bridgehead atoms. The number of para-hydroxylation sites is 3. The van der Waals surface area contributed by atoms with Crippen molar-refractivity contribution in [2.45, 2.75) is 6.42 Å². The zero-order valence-corrected chi connectivity index (χ0v) is 14.9. The zero-order chi connectivity index (χ0) is 18.8. The summed E-state index contributed by atoms with van der Waals surface area (Å²) in [6, 6.07) is 16.9. The maximum Gasteiger partial charge on any atom is 0.229 e. The highest BCUT2D eigenvalue weighted by Crippen LogP contribution is 2.33. The molecular formula is C21H19N3O3. The highest BCUT2D eigenvalue weighted by atomic mass is 16.5. The number of nitrogens with one attached hydrogen (secondary N) is 1. The number of ether oxygens (including phenoxy) is 1. The normalized spacial score (nSPS) is 16.6. The molecule has 2 aromatic carbocycles. The predicted octanol–water partition coefficient (Wildman–Crippen LogP) is 3.24. The Morgan fingerprint density at radius 2 is 1.96 bits per heavy atom. The summed E-state index contributed by atoms with van der Waals surface area (Å²) in [6.45, 7) is 0.325. The lowest BCUT2D eigenvalue weighted by Crippen LogP contribution is -2.28. The summed E-state index contributed by atoms with van der Waals surface area (Å²) < 4.78 is 5.34. The fraction of sp³-hybridized carbons (Fsp3) is 0.190. The molecule has 27 heavy (non-hydrogen) atoms. The predicted molar refractivity (Wildman–Crippen MR) is 104 cm³/mol. The molecule has 0 saturated carbocycles. The first-order chi connectivity index (χ1) is 13.2. The van der Waals surface area contributed by atoms with Crippen molar-refractivity contribution < 1.29 is 14.3 Å². The Labute approximate surface area is 156 Å². The van der Waals surface area contributed by atoms with Gasteiger partial charge in [-0.3, -0.25) is 14.6 Å². The summed E-state index contributed by atoms with van der Waals surface area (Å²) in [5.74, 6) is -0.0753. The summed E-state index contributed by atoms with van der Waals surface area (Å²) in [6.07, 6.45) is 1.81. The number of nitrogens with zero attached hydrogens (tertiary/aromatic N) is 2. The van der Waals surface area contributed by atoms with Crippen LogP contribution < -0.4 is 15.0 Å². The third-order valence-electron chi connectivity index (χ3n) is 4.73. The van der Waals surface area contributed by atoms with Crippen LogP contribution in [0.2, 0.25) is 0 Å². The molecule has 1 aromatic heterocycles. The van der Waals surface area contributed by atoms with Gasteiger partial charge in [-0.25, -0.2) is 0 Å². The lowest BCUT2D eigenvalue weighted by molar-refractivity contribution is -0.122.